The van der Waals surface area contributed by atoms with E-state index in [1.54, 1.807) is 5.32 Å². The second-order valence-electron chi connectivity index (χ2n) is 3.49. The Labute approximate surface area is 111 Å². The molecule has 0 aromatic heterocycles. The third kappa shape index (κ3) is 4.12. The Bertz CT molecular complexity index is 456. The number of anilines is 1. The van der Waals surface area contributed by atoms with Crippen molar-refractivity contribution in [2.24, 2.45) is 5.92 Å². The van der Waals surface area contributed by atoms with Crippen LogP contribution in [0.2, 0.25) is 0 Å². The molecule has 0 spiro atoms. The lowest BCUT2D eigenvalue weighted by atomic mass is 10.1. The highest BCUT2D eigenvalue weighted by Gasteiger charge is 2.61. The van der Waals surface area contributed by atoms with E-state index in [4.69, 9.17) is 0 Å². The molecule has 0 unspecified atom stereocenters. The Hall–Kier alpha value is -1.25. The van der Waals surface area contributed by atoms with E-state index in [0.717, 1.165) is 0 Å². The van der Waals surface area contributed by atoms with Gasteiger partial charge in [0.1, 0.15) is 0 Å². The number of halogens is 7. The van der Waals surface area contributed by atoms with Gasteiger partial charge in [-0.05, 0) is 28.1 Å². The molecule has 0 heterocycles. The fourth-order valence-corrected chi connectivity index (χ4v) is 1.63. The zero-order chi connectivity index (χ0) is 14.8. The van der Waals surface area contributed by atoms with Crippen molar-refractivity contribution in [1.82, 2.24) is 0 Å². The Kier molecular flexibility index (Phi) is 4.49. The lowest BCUT2D eigenvalue weighted by molar-refractivity contribution is -0.272. The molecular formula is C10H6BrF6NO. The van der Waals surface area contributed by atoms with Gasteiger partial charge in [-0.3, -0.25) is 4.79 Å². The van der Waals surface area contributed by atoms with Gasteiger partial charge in [-0.15, -0.1) is 0 Å². The van der Waals surface area contributed by atoms with E-state index in [1.807, 2.05) is 0 Å². The van der Waals surface area contributed by atoms with Gasteiger partial charge in [0.05, 0.1) is 5.69 Å². The number of nitrogens with one attached hydrogen (secondary N) is 1. The van der Waals surface area contributed by atoms with Crippen molar-refractivity contribution < 1.29 is 31.1 Å². The van der Waals surface area contributed by atoms with E-state index >= 15 is 0 Å². The molecule has 0 atom stereocenters. The van der Waals surface area contributed by atoms with Crippen molar-refractivity contribution in [2.45, 2.75) is 12.4 Å². The molecule has 0 aliphatic carbocycles. The number of carbonyl (C=O) groups excluding carboxylic acids is 1. The first-order chi connectivity index (χ1) is 8.53. The van der Waals surface area contributed by atoms with Gasteiger partial charge in [-0.1, -0.05) is 12.1 Å². The van der Waals surface area contributed by atoms with Crippen LogP contribution in [0.4, 0.5) is 32.0 Å². The molecule has 0 saturated carbocycles. The Morgan fingerprint density at radius 2 is 1.53 bits per heavy atom. The predicted molar refractivity (Wildman–Crippen MR) is 58.4 cm³/mol. The number of amides is 1. The number of rotatable bonds is 2. The molecule has 1 rings (SSSR count). The van der Waals surface area contributed by atoms with Crippen LogP contribution in [0.15, 0.2) is 28.7 Å². The summed E-state index contributed by atoms with van der Waals surface area (Å²) in [5.74, 6) is -6.24. The summed E-state index contributed by atoms with van der Waals surface area (Å²) in [4.78, 5) is 11.2. The van der Waals surface area contributed by atoms with Crippen LogP contribution in [0.1, 0.15) is 0 Å². The molecule has 2 nitrogen and oxygen atoms in total. The predicted octanol–water partition coefficient (Wildman–Crippen LogP) is 4.13. The number of alkyl halides is 6. The second-order valence-corrected chi connectivity index (χ2v) is 4.34. The van der Waals surface area contributed by atoms with Crippen LogP contribution in [0, 0.1) is 5.92 Å². The Morgan fingerprint density at radius 3 is 1.95 bits per heavy atom. The van der Waals surface area contributed by atoms with Gasteiger partial charge in [0.2, 0.25) is 11.8 Å². The van der Waals surface area contributed by atoms with Gasteiger partial charge in [-0.2, -0.15) is 26.3 Å². The SMILES string of the molecule is O=C(Nc1ccccc1Br)C(C(F)(F)F)C(F)(F)F. The summed E-state index contributed by atoms with van der Waals surface area (Å²) in [6.07, 6.45) is -11.4. The van der Waals surface area contributed by atoms with Crippen LogP contribution >= 0.6 is 15.9 Å². The normalized spacial score (nSPS) is 12.6. The van der Waals surface area contributed by atoms with Crippen molar-refractivity contribution in [3.63, 3.8) is 0 Å². The molecule has 0 bridgehead atoms. The highest BCUT2D eigenvalue weighted by atomic mass is 79.9. The molecular weight excluding hydrogens is 344 g/mol. The lowest BCUT2D eigenvalue weighted by Crippen LogP contribution is -2.45. The molecule has 0 aliphatic heterocycles. The van der Waals surface area contributed by atoms with E-state index in [0.29, 0.717) is 0 Å². The highest BCUT2D eigenvalue weighted by Crippen LogP contribution is 2.40. The molecule has 0 radical (unpaired) electrons. The third-order valence-electron chi connectivity index (χ3n) is 2.05. The van der Waals surface area contributed by atoms with Crippen molar-refractivity contribution >= 4 is 27.5 Å². The quantitative estimate of drug-likeness (QED) is 0.799. The van der Waals surface area contributed by atoms with Crippen molar-refractivity contribution in [1.29, 1.82) is 0 Å². The highest BCUT2D eigenvalue weighted by molar-refractivity contribution is 9.10. The van der Waals surface area contributed by atoms with Gasteiger partial charge in [0, 0.05) is 4.47 Å². The number of hydrogen-bond acceptors (Lipinski definition) is 1. The molecule has 1 amide bonds. The zero-order valence-electron chi connectivity index (χ0n) is 8.94. The minimum atomic E-state index is -5.70. The van der Waals surface area contributed by atoms with Crippen molar-refractivity contribution in [3.05, 3.63) is 28.7 Å². The maximum atomic E-state index is 12.3. The number of benzene rings is 1. The maximum Gasteiger partial charge on any atom is 0.409 e. The summed E-state index contributed by atoms with van der Waals surface area (Å²) in [6.45, 7) is 0. The van der Waals surface area contributed by atoms with Gasteiger partial charge in [0.15, 0.2) is 0 Å². The molecule has 106 valence electrons. The fourth-order valence-electron chi connectivity index (χ4n) is 1.25. The summed E-state index contributed by atoms with van der Waals surface area (Å²) < 4.78 is 73.8. The summed E-state index contributed by atoms with van der Waals surface area (Å²) in [5.41, 5.74) is -0.175. The maximum absolute atomic E-state index is 12.3. The average molecular weight is 350 g/mol. The smallest absolute Gasteiger partial charge is 0.324 e. The first-order valence-corrected chi connectivity index (χ1v) is 5.51. The van der Waals surface area contributed by atoms with Crippen LogP contribution in [-0.2, 0) is 4.79 Å². The monoisotopic (exact) mass is 349 g/mol. The van der Waals surface area contributed by atoms with Crippen LogP contribution in [0.5, 0.6) is 0 Å². The molecule has 0 saturated heterocycles. The van der Waals surface area contributed by atoms with E-state index < -0.39 is 24.2 Å². The van der Waals surface area contributed by atoms with Gasteiger partial charge >= 0.3 is 12.4 Å². The molecule has 9 heteroatoms. The first kappa shape index (κ1) is 15.8. The summed E-state index contributed by atoms with van der Waals surface area (Å²) >= 11 is 2.90. The third-order valence-corrected chi connectivity index (χ3v) is 2.74. The summed E-state index contributed by atoms with van der Waals surface area (Å²) in [6, 6.07) is 5.39. The fraction of sp³-hybridized carbons (Fsp3) is 0.300. The van der Waals surface area contributed by atoms with E-state index in [9.17, 15) is 31.1 Å². The number of para-hydroxylation sites is 1. The zero-order valence-corrected chi connectivity index (χ0v) is 10.5. The molecule has 0 aliphatic rings. The van der Waals surface area contributed by atoms with Crippen LogP contribution < -0.4 is 5.32 Å². The topological polar surface area (TPSA) is 29.1 Å². The van der Waals surface area contributed by atoms with Crippen LogP contribution in [0.3, 0.4) is 0 Å². The van der Waals surface area contributed by atoms with Gasteiger partial charge < -0.3 is 5.32 Å². The van der Waals surface area contributed by atoms with Crippen molar-refractivity contribution in [2.75, 3.05) is 5.32 Å². The van der Waals surface area contributed by atoms with Crippen molar-refractivity contribution in [3.8, 4) is 0 Å². The summed E-state index contributed by atoms with van der Waals surface area (Å²) in [5, 5.41) is 1.60. The molecule has 19 heavy (non-hydrogen) atoms. The lowest BCUT2D eigenvalue weighted by Gasteiger charge is -2.22. The van der Waals surface area contributed by atoms with Gasteiger partial charge in [0.25, 0.3) is 0 Å². The van der Waals surface area contributed by atoms with E-state index in [2.05, 4.69) is 15.9 Å². The number of carbonyl (C=O) groups is 1. The van der Waals surface area contributed by atoms with Gasteiger partial charge in [-0.25, -0.2) is 0 Å². The second kappa shape index (κ2) is 5.40. The summed E-state index contributed by atoms with van der Waals surface area (Å²) in [7, 11) is 0. The first-order valence-electron chi connectivity index (χ1n) is 4.72. The standard InChI is InChI=1S/C10H6BrF6NO/c11-5-3-1-2-4-6(5)18-8(19)7(9(12,13)14)10(15,16)17/h1-4,7H,(H,18,19). The minimum Gasteiger partial charge on any atom is -0.324 e. The van der Waals surface area contributed by atoms with Crippen LogP contribution in [-0.4, -0.2) is 18.3 Å². The van der Waals surface area contributed by atoms with E-state index in [1.165, 1.54) is 24.3 Å². The Balaban J connectivity index is 3.01. The Morgan fingerprint density at radius 1 is 1.05 bits per heavy atom. The number of hydrogen-bond donors (Lipinski definition) is 1. The molecule has 0 fully saturated rings. The largest absolute Gasteiger partial charge is 0.409 e. The molecule has 1 aromatic carbocycles. The molecule has 1 aromatic rings. The average Bonchev–Trinajstić information content (AvgIpc) is 2.16. The van der Waals surface area contributed by atoms with E-state index in [-0.39, 0.29) is 10.2 Å². The van der Waals surface area contributed by atoms with Crippen LogP contribution in [0.25, 0.3) is 0 Å². The minimum absolute atomic E-state index is 0.173. The molecule has 1 N–H and O–H groups in total.